The van der Waals surface area contributed by atoms with Crippen molar-refractivity contribution in [2.75, 3.05) is 14.2 Å². The summed E-state index contributed by atoms with van der Waals surface area (Å²) in [5, 5.41) is 10.1. The van der Waals surface area contributed by atoms with E-state index in [1.165, 1.54) is 0 Å². The summed E-state index contributed by atoms with van der Waals surface area (Å²) < 4.78 is 10.5. The fourth-order valence-electron chi connectivity index (χ4n) is 1.67. The van der Waals surface area contributed by atoms with Gasteiger partial charge in [-0.2, -0.15) is 0 Å². The molecule has 0 saturated heterocycles. The second-order valence-corrected chi connectivity index (χ2v) is 4.15. The number of hydrogen-bond donors (Lipinski definition) is 1. The molecular weight excluding hydrogens is 228 g/mol. The van der Waals surface area contributed by atoms with Crippen LogP contribution in [-0.4, -0.2) is 25.4 Å². The van der Waals surface area contributed by atoms with Crippen molar-refractivity contribution in [3.8, 4) is 11.5 Å². The van der Waals surface area contributed by atoms with Crippen LogP contribution >= 0.6 is 11.6 Å². The van der Waals surface area contributed by atoms with Gasteiger partial charge in [-0.3, -0.25) is 0 Å². The molecule has 1 aromatic carbocycles. The topological polar surface area (TPSA) is 38.7 Å². The summed E-state index contributed by atoms with van der Waals surface area (Å²) in [6.07, 6.45) is -0.0297. The van der Waals surface area contributed by atoms with Gasteiger partial charge in [-0.05, 0) is 25.5 Å². The Hall–Kier alpha value is -0.930. The van der Waals surface area contributed by atoms with Gasteiger partial charge < -0.3 is 14.6 Å². The third-order valence-corrected chi connectivity index (χ3v) is 2.91. The zero-order valence-corrected chi connectivity index (χ0v) is 10.8. The summed E-state index contributed by atoms with van der Waals surface area (Å²) in [4.78, 5) is 0. The van der Waals surface area contributed by atoms with E-state index in [-0.39, 0.29) is 0 Å². The van der Waals surface area contributed by atoms with Crippen LogP contribution in [0.25, 0.3) is 0 Å². The second-order valence-electron chi connectivity index (χ2n) is 3.77. The Morgan fingerprint density at radius 2 is 2.00 bits per heavy atom. The number of ether oxygens (including phenoxy) is 2. The number of benzene rings is 1. The van der Waals surface area contributed by atoms with E-state index in [1.54, 1.807) is 21.1 Å². The highest BCUT2D eigenvalue weighted by Crippen LogP contribution is 2.38. The van der Waals surface area contributed by atoms with Gasteiger partial charge in [0.15, 0.2) is 11.5 Å². The van der Waals surface area contributed by atoms with Crippen LogP contribution < -0.4 is 9.47 Å². The van der Waals surface area contributed by atoms with Crippen LogP contribution in [0.15, 0.2) is 6.07 Å². The number of aryl methyl sites for hydroxylation is 1. The molecule has 1 rings (SSSR count). The zero-order valence-electron chi connectivity index (χ0n) is 10.0. The molecule has 3 nitrogen and oxygen atoms in total. The van der Waals surface area contributed by atoms with E-state index in [0.29, 0.717) is 22.9 Å². The van der Waals surface area contributed by atoms with Gasteiger partial charge in [0.1, 0.15) is 0 Å². The lowest BCUT2D eigenvalue weighted by Crippen LogP contribution is -2.08. The van der Waals surface area contributed by atoms with E-state index in [9.17, 15) is 5.11 Å². The van der Waals surface area contributed by atoms with Gasteiger partial charge in [-0.1, -0.05) is 11.6 Å². The van der Waals surface area contributed by atoms with Crippen molar-refractivity contribution in [2.45, 2.75) is 26.4 Å². The smallest absolute Gasteiger partial charge is 0.165 e. The van der Waals surface area contributed by atoms with Crippen LogP contribution in [0.2, 0.25) is 5.02 Å². The molecule has 0 spiro atoms. The summed E-state index contributed by atoms with van der Waals surface area (Å²) >= 11 is 6.20. The zero-order chi connectivity index (χ0) is 12.3. The largest absolute Gasteiger partial charge is 0.493 e. The standard InChI is InChI=1S/C12H17ClO3/c1-7-5-10(15-3)12(16-4)9(11(7)13)6-8(2)14/h5,8,14H,6H2,1-4H3. The van der Waals surface area contributed by atoms with E-state index >= 15 is 0 Å². The van der Waals surface area contributed by atoms with E-state index in [2.05, 4.69) is 0 Å². The van der Waals surface area contributed by atoms with Crippen molar-refractivity contribution in [2.24, 2.45) is 0 Å². The molecule has 0 aliphatic heterocycles. The molecule has 0 amide bonds. The van der Waals surface area contributed by atoms with Crippen molar-refractivity contribution in [1.29, 1.82) is 0 Å². The minimum absolute atomic E-state index is 0.444. The van der Waals surface area contributed by atoms with E-state index in [0.717, 1.165) is 11.1 Å². The second kappa shape index (κ2) is 5.41. The highest BCUT2D eigenvalue weighted by Gasteiger charge is 2.17. The highest BCUT2D eigenvalue weighted by atomic mass is 35.5. The molecule has 1 aromatic rings. The molecule has 0 aliphatic carbocycles. The van der Waals surface area contributed by atoms with Crippen molar-refractivity contribution in [3.63, 3.8) is 0 Å². The summed E-state index contributed by atoms with van der Waals surface area (Å²) in [5.41, 5.74) is 1.70. The molecule has 4 heteroatoms. The van der Waals surface area contributed by atoms with Gasteiger partial charge in [-0.25, -0.2) is 0 Å². The van der Waals surface area contributed by atoms with Gasteiger partial charge in [-0.15, -0.1) is 0 Å². The maximum Gasteiger partial charge on any atom is 0.165 e. The fourth-order valence-corrected chi connectivity index (χ4v) is 1.88. The number of aliphatic hydroxyl groups excluding tert-OH is 1. The number of rotatable bonds is 4. The highest BCUT2D eigenvalue weighted by molar-refractivity contribution is 6.32. The van der Waals surface area contributed by atoms with E-state index in [1.807, 2.05) is 13.0 Å². The molecule has 16 heavy (non-hydrogen) atoms. The average Bonchev–Trinajstić information content (AvgIpc) is 2.23. The SMILES string of the molecule is COc1cc(C)c(Cl)c(CC(C)O)c1OC. The quantitative estimate of drug-likeness (QED) is 0.885. The predicted octanol–water partition coefficient (Wildman–Crippen LogP) is 2.59. The van der Waals surface area contributed by atoms with Gasteiger partial charge >= 0.3 is 0 Å². The molecule has 0 bridgehead atoms. The van der Waals surface area contributed by atoms with Crippen LogP contribution in [0, 0.1) is 6.92 Å². The Morgan fingerprint density at radius 1 is 1.38 bits per heavy atom. The van der Waals surface area contributed by atoms with Crippen LogP contribution in [-0.2, 0) is 6.42 Å². The lowest BCUT2D eigenvalue weighted by atomic mass is 10.0. The number of aliphatic hydroxyl groups is 1. The molecule has 90 valence electrons. The van der Waals surface area contributed by atoms with Crippen LogP contribution in [0.3, 0.4) is 0 Å². The fraction of sp³-hybridized carbons (Fsp3) is 0.500. The average molecular weight is 245 g/mol. The molecule has 1 unspecified atom stereocenters. The van der Waals surface area contributed by atoms with Gasteiger partial charge in [0.2, 0.25) is 0 Å². The first-order chi connectivity index (χ1) is 7.51. The van der Waals surface area contributed by atoms with Crippen molar-refractivity contribution >= 4 is 11.6 Å². The first-order valence-electron chi connectivity index (χ1n) is 5.09. The summed E-state index contributed by atoms with van der Waals surface area (Å²) in [7, 11) is 3.15. The lowest BCUT2D eigenvalue weighted by molar-refractivity contribution is 0.194. The molecule has 0 fully saturated rings. The van der Waals surface area contributed by atoms with Gasteiger partial charge in [0, 0.05) is 12.0 Å². The lowest BCUT2D eigenvalue weighted by Gasteiger charge is -2.17. The first kappa shape index (κ1) is 13.1. The van der Waals surface area contributed by atoms with Crippen LogP contribution in [0.4, 0.5) is 0 Å². The Bertz CT molecular complexity index is 375. The minimum Gasteiger partial charge on any atom is -0.493 e. The van der Waals surface area contributed by atoms with Crippen LogP contribution in [0.1, 0.15) is 18.1 Å². The van der Waals surface area contributed by atoms with Crippen LogP contribution in [0.5, 0.6) is 11.5 Å². The number of hydrogen-bond acceptors (Lipinski definition) is 3. The summed E-state index contributed by atoms with van der Waals surface area (Å²) in [6.45, 7) is 3.61. The minimum atomic E-state index is -0.474. The maximum atomic E-state index is 9.45. The van der Waals surface area contributed by atoms with E-state index < -0.39 is 6.10 Å². The van der Waals surface area contributed by atoms with Gasteiger partial charge in [0.25, 0.3) is 0 Å². The normalized spacial score (nSPS) is 12.4. The molecule has 1 atom stereocenters. The Labute approximate surface area is 101 Å². The Morgan fingerprint density at radius 3 is 2.44 bits per heavy atom. The third-order valence-electron chi connectivity index (χ3n) is 2.38. The van der Waals surface area contributed by atoms with Crippen molar-refractivity contribution < 1.29 is 14.6 Å². The number of methoxy groups -OCH3 is 2. The third kappa shape index (κ3) is 2.60. The Balaban J connectivity index is 3.34. The molecule has 0 heterocycles. The summed E-state index contributed by atoms with van der Waals surface area (Å²) in [6, 6.07) is 1.83. The molecule has 0 radical (unpaired) electrons. The molecule has 0 aromatic heterocycles. The Kier molecular flexibility index (Phi) is 4.44. The van der Waals surface area contributed by atoms with Crippen molar-refractivity contribution in [3.05, 3.63) is 22.2 Å². The first-order valence-corrected chi connectivity index (χ1v) is 5.47. The van der Waals surface area contributed by atoms with Crippen molar-refractivity contribution in [1.82, 2.24) is 0 Å². The molecule has 0 saturated carbocycles. The van der Waals surface area contributed by atoms with Gasteiger partial charge in [0.05, 0.1) is 25.3 Å². The number of halogens is 1. The monoisotopic (exact) mass is 244 g/mol. The maximum absolute atomic E-state index is 9.45. The van der Waals surface area contributed by atoms with E-state index in [4.69, 9.17) is 21.1 Å². The predicted molar refractivity (Wildman–Crippen MR) is 64.7 cm³/mol. The molecule has 0 aliphatic rings. The molecular formula is C12H17ClO3. The molecule has 1 N–H and O–H groups in total. The summed E-state index contributed by atoms with van der Waals surface area (Å²) in [5.74, 6) is 1.24.